The zero-order valence-electron chi connectivity index (χ0n) is 11.6. The summed E-state index contributed by atoms with van der Waals surface area (Å²) >= 11 is 0. The summed E-state index contributed by atoms with van der Waals surface area (Å²) in [5, 5.41) is 8.69. The number of hydrogen-bond acceptors (Lipinski definition) is 3. The largest absolute Gasteiger partial charge is 0.218 e. The first kappa shape index (κ1) is 15.7. The van der Waals surface area contributed by atoms with Crippen LogP contribution in [0.3, 0.4) is 0 Å². The molecule has 0 atom stereocenters. The second-order valence-corrected chi connectivity index (χ2v) is 7.14. The molecule has 0 aliphatic heterocycles. The van der Waals surface area contributed by atoms with Gasteiger partial charge >= 0.3 is 0 Å². The zero-order valence-corrected chi connectivity index (χ0v) is 12.4. The first-order valence-electron chi connectivity index (χ1n) is 6.28. The highest BCUT2D eigenvalue weighted by molar-refractivity contribution is 7.88. The van der Waals surface area contributed by atoms with E-state index in [1.165, 1.54) is 4.31 Å². The average molecular weight is 280 g/mol. The lowest BCUT2D eigenvalue weighted by Gasteiger charge is -2.18. The molecule has 5 heteroatoms. The van der Waals surface area contributed by atoms with Crippen molar-refractivity contribution in [2.45, 2.75) is 26.0 Å². The monoisotopic (exact) mass is 280 g/mol. The Labute approximate surface area is 115 Å². The van der Waals surface area contributed by atoms with Crippen LogP contribution in [0.1, 0.15) is 31.4 Å². The van der Waals surface area contributed by atoms with E-state index < -0.39 is 10.0 Å². The number of nitriles is 1. The molecule has 19 heavy (non-hydrogen) atoms. The van der Waals surface area contributed by atoms with Gasteiger partial charge in [0.2, 0.25) is 10.0 Å². The Morgan fingerprint density at radius 3 is 2.32 bits per heavy atom. The quantitative estimate of drug-likeness (QED) is 0.803. The van der Waals surface area contributed by atoms with Gasteiger partial charge in [-0.15, -0.1) is 0 Å². The number of rotatable bonds is 6. The van der Waals surface area contributed by atoms with Crippen LogP contribution in [-0.2, 0) is 15.8 Å². The SMILES string of the molecule is CC(C)CCN(C)S(=O)(=O)Cc1ccc(C#N)cc1. The van der Waals surface area contributed by atoms with Crippen molar-refractivity contribution < 1.29 is 8.42 Å². The second kappa shape index (κ2) is 6.69. The lowest BCUT2D eigenvalue weighted by Crippen LogP contribution is -2.29. The van der Waals surface area contributed by atoms with Crippen molar-refractivity contribution in [1.29, 1.82) is 5.26 Å². The van der Waals surface area contributed by atoms with Crippen molar-refractivity contribution in [3.05, 3.63) is 35.4 Å². The van der Waals surface area contributed by atoms with Gasteiger partial charge < -0.3 is 0 Å². The predicted octanol–water partition coefficient (Wildman–Crippen LogP) is 2.37. The lowest BCUT2D eigenvalue weighted by molar-refractivity contribution is 0.427. The maximum atomic E-state index is 12.1. The highest BCUT2D eigenvalue weighted by Gasteiger charge is 2.18. The van der Waals surface area contributed by atoms with Crippen LogP contribution in [0.15, 0.2) is 24.3 Å². The third kappa shape index (κ3) is 5.01. The number of benzene rings is 1. The van der Waals surface area contributed by atoms with Gasteiger partial charge in [-0.3, -0.25) is 0 Å². The van der Waals surface area contributed by atoms with E-state index in [2.05, 4.69) is 13.8 Å². The maximum absolute atomic E-state index is 12.1. The van der Waals surface area contributed by atoms with Gasteiger partial charge in [-0.05, 0) is 30.0 Å². The van der Waals surface area contributed by atoms with E-state index in [1.807, 2.05) is 6.07 Å². The molecule has 0 aliphatic rings. The fourth-order valence-electron chi connectivity index (χ4n) is 1.58. The smallest absolute Gasteiger partial charge is 0.212 e. The van der Waals surface area contributed by atoms with Crippen LogP contribution in [0.5, 0.6) is 0 Å². The Balaban J connectivity index is 2.70. The van der Waals surface area contributed by atoms with E-state index in [0.717, 1.165) is 6.42 Å². The predicted molar refractivity (Wildman–Crippen MR) is 75.9 cm³/mol. The summed E-state index contributed by atoms with van der Waals surface area (Å²) in [5.41, 5.74) is 1.24. The van der Waals surface area contributed by atoms with Crippen LogP contribution >= 0.6 is 0 Å². The molecule has 1 aromatic carbocycles. The van der Waals surface area contributed by atoms with Gasteiger partial charge in [-0.2, -0.15) is 5.26 Å². The van der Waals surface area contributed by atoms with Crippen LogP contribution in [0.2, 0.25) is 0 Å². The van der Waals surface area contributed by atoms with Crippen LogP contribution in [0, 0.1) is 17.2 Å². The Bertz CT molecular complexity index is 542. The molecule has 0 bridgehead atoms. The van der Waals surface area contributed by atoms with E-state index in [-0.39, 0.29) is 5.75 Å². The molecule has 104 valence electrons. The van der Waals surface area contributed by atoms with Crippen LogP contribution in [0.4, 0.5) is 0 Å². The molecule has 0 unspecified atom stereocenters. The van der Waals surface area contributed by atoms with Gasteiger partial charge in [0.15, 0.2) is 0 Å². The van der Waals surface area contributed by atoms with E-state index in [0.29, 0.717) is 23.6 Å². The van der Waals surface area contributed by atoms with Crippen molar-refractivity contribution in [3.8, 4) is 6.07 Å². The van der Waals surface area contributed by atoms with Gasteiger partial charge in [0.25, 0.3) is 0 Å². The van der Waals surface area contributed by atoms with Gasteiger partial charge in [-0.25, -0.2) is 12.7 Å². The minimum Gasteiger partial charge on any atom is -0.212 e. The highest BCUT2D eigenvalue weighted by Crippen LogP contribution is 2.12. The van der Waals surface area contributed by atoms with Gasteiger partial charge in [-0.1, -0.05) is 26.0 Å². The number of sulfonamides is 1. The molecule has 0 N–H and O–H groups in total. The summed E-state index contributed by atoms with van der Waals surface area (Å²) in [7, 11) is -1.67. The first-order chi connectivity index (χ1) is 8.85. The van der Waals surface area contributed by atoms with Crippen molar-refractivity contribution in [2.75, 3.05) is 13.6 Å². The topological polar surface area (TPSA) is 61.2 Å². The molecule has 1 aromatic rings. The fourth-order valence-corrected chi connectivity index (χ4v) is 2.79. The standard InChI is InChI=1S/C14H20N2O2S/c1-12(2)8-9-16(3)19(17,18)11-14-6-4-13(10-15)5-7-14/h4-7,12H,8-9,11H2,1-3H3. The molecule has 0 saturated carbocycles. The van der Waals surface area contributed by atoms with Crippen molar-refractivity contribution >= 4 is 10.0 Å². The summed E-state index contributed by atoms with van der Waals surface area (Å²) in [5.74, 6) is 0.459. The third-order valence-corrected chi connectivity index (χ3v) is 4.76. The second-order valence-electron chi connectivity index (χ2n) is 5.07. The molecule has 0 aliphatic carbocycles. The Hall–Kier alpha value is -1.38. The van der Waals surface area contributed by atoms with Crippen molar-refractivity contribution in [3.63, 3.8) is 0 Å². The van der Waals surface area contributed by atoms with Gasteiger partial charge in [0, 0.05) is 13.6 Å². The van der Waals surface area contributed by atoms with Crippen molar-refractivity contribution in [1.82, 2.24) is 4.31 Å². The van der Waals surface area contributed by atoms with Crippen LogP contribution < -0.4 is 0 Å². The molecule has 0 fully saturated rings. The van der Waals surface area contributed by atoms with E-state index in [9.17, 15) is 8.42 Å². The molecular weight excluding hydrogens is 260 g/mol. The molecule has 0 aromatic heterocycles. The summed E-state index contributed by atoms with van der Waals surface area (Å²) in [4.78, 5) is 0. The Morgan fingerprint density at radius 1 is 1.26 bits per heavy atom. The molecule has 0 radical (unpaired) electrons. The molecule has 0 amide bonds. The third-order valence-electron chi connectivity index (χ3n) is 2.93. The lowest BCUT2D eigenvalue weighted by atomic mass is 10.1. The minimum absolute atomic E-state index is 0.0205. The van der Waals surface area contributed by atoms with Crippen molar-refractivity contribution in [2.24, 2.45) is 5.92 Å². The summed E-state index contributed by atoms with van der Waals surface area (Å²) in [6.07, 6.45) is 0.850. The van der Waals surface area contributed by atoms with Crippen LogP contribution in [0.25, 0.3) is 0 Å². The average Bonchev–Trinajstić information content (AvgIpc) is 2.36. The molecular formula is C14H20N2O2S. The Morgan fingerprint density at radius 2 is 1.84 bits per heavy atom. The first-order valence-corrected chi connectivity index (χ1v) is 7.89. The molecule has 0 heterocycles. The van der Waals surface area contributed by atoms with Gasteiger partial charge in [0.05, 0.1) is 17.4 Å². The van der Waals surface area contributed by atoms with Gasteiger partial charge in [0.1, 0.15) is 0 Å². The van der Waals surface area contributed by atoms with E-state index in [4.69, 9.17) is 5.26 Å². The fraction of sp³-hybridized carbons (Fsp3) is 0.500. The summed E-state index contributed by atoms with van der Waals surface area (Å²) < 4.78 is 25.7. The van der Waals surface area contributed by atoms with Crippen LogP contribution in [-0.4, -0.2) is 26.3 Å². The van der Waals surface area contributed by atoms with E-state index in [1.54, 1.807) is 31.3 Å². The molecule has 0 saturated heterocycles. The molecule has 1 rings (SSSR count). The number of nitrogens with zero attached hydrogens (tertiary/aromatic N) is 2. The summed E-state index contributed by atoms with van der Waals surface area (Å²) in [6, 6.07) is 8.66. The normalized spacial score (nSPS) is 11.8. The highest BCUT2D eigenvalue weighted by atomic mass is 32.2. The zero-order chi connectivity index (χ0) is 14.5. The molecule has 0 spiro atoms. The Kier molecular flexibility index (Phi) is 5.52. The minimum atomic E-state index is -3.28. The maximum Gasteiger partial charge on any atom is 0.218 e. The summed E-state index contributed by atoms with van der Waals surface area (Å²) in [6.45, 7) is 4.68. The van der Waals surface area contributed by atoms with E-state index >= 15 is 0 Å². The molecule has 4 nitrogen and oxygen atoms in total. The number of hydrogen-bond donors (Lipinski definition) is 0.